The van der Waals surface area contributed by atoms with Crippen molar-refractivity contribution in [3.63, 3.8) is 0 Å². The lowest BCUT2D eigenvalue weighted by atomic mass is 10.1. The summed E-state index contributed by atoms with van der Waals surface area (Å²) in [7, 11) is 0. The highest BCUT2D eigenvalue weighted by Gasteiger charge is 2.44. The van der Waals surface area contributed by atoms with Gasteiger partial charge in [0.15, 0.2) is 6.23 Å². The van der Waals surface area contributed by atoms with E-state index in [4.69, 9.17) is 10.5 Å². The van der Waals surface area contributed by atoms with Gasteiger partial charge in [0.05, 0.1) is 12.7 Å². The molecule has 1 aromatic heterocycles. The van der Waals surface area contributed by atoms with Gasteiger partial charge in [0, 0.05) is 13.1 Å². The van der Waals surface area contributed by atoms with Crippen molar-refractivity contribution < 1.29 is 14.9 Å². The molecule has 2 aliphatic heterocycles. The molecular weight excluding hydrogens is 336 g/mol. The maximum absolute atomic E-state index is 10.3. The SMILES string of the molecule is NC[C@H]1O[C@@H](n2cnc3c2NC=NC3NCc2ccccc2)[C@H](O)[C@@H]1O. The number of nitrogens with two attached hydrogens (primary N) is 1. The Balaban J connectivity index is 1.53. The minimum absolute atomic E-state index is 0.127. The molecule has 2 aliphatic rings. The number of nitrogens with zero attached hydrogens (tertiary/aromatic N) is 3. The lowest BCUT2D eigenvalue weighted by Gasteiger charge is -2.23. The number of rotatable bonds is 5. The number of aliphatic hydroxyl groups excluding tert-OH is 2. The fraction of sp³-hybridized carbons (Fsp3) is 0.412. The number of nitrogens with one attached hydrogen (secondary N) is 2. The van der Waals surface area contributed by atoms with Crippen LogP contribution in [0.25, 0.3) is 0 Å². The van der Waals surface area contributed by atoms with Crippen LogP contribution in [0.4, 0.5) is 5.82 Å². The fourth-order valence-corrected chi connectivity index (χ4v) is 3.27. The van der Waals surface area contributed by atoms with E-state index in [0.717, 1.165) is 5.56 Å². The molecule has 6 N–H and O–H groups in total. The molecule has 138 valence electrons. The van der Waals surface area contributed by atoms with Gasteiger partial charge in [-0.3, -0.25) is 9.88 Å². The molecule has 0 bridgehead atoms. The number of benzene rings is 1. The zero-order valence-electron chi connectivity index (χ0n) is 14.1. The number of anilines is 1. The lowest BCUT2D eigenvalue weighted by molar-refractivity contribution is -0.0331. The van der Waals surface area contributed by atoms with Gasteiger partial charge in [0.25, 0.3) is 0 Å². The number of aliphatic imine (C=N–C) groups is 1. The molecule has 9 nitrogen and oxygen atoms in total. The van der Waals surface area contributed by atoms with Gasteiger partial charge in [-0.25, -0.2) is 9.98 Å². The second-order valence-corrected chi connectivity index (χ2v) is 6.36. The van der Waals surface area contributed by atoms with Crippen LogP contribution in [0, 0.1) is 0 Å². The van der Waals surface area contributed by atoms with E-state index in [1.807, 2.05) is 30.3 Å². The van der Waals surface area contributed by atoms with Gasteiger partial charge in [-0.2, -0.15) is 0 Å². The first-order chi connectivity index (χ1) is 12.7. The number of hydrogen-bond acceptors (Lipinski definition) is 8. The summed E-state index contributed by atoms with van der Waals surface area (Å²) in [5, 5.41) is 26.7. The molecule has 26 heavy (non-hydrogen) atoms. The minimum atomic E-state index is -1.08. The third kappa shape index (κ3) is 3.00. The van der Waals surface area contributed by atoms with Gasteiger partial charge in [-0.05, 0) is 5.56 Å². The molecule has 1 aromatic carbocycles. The van der Waals surface area contributed by atoms with E-state index in [0.29, 0.717) is 18.1 Å². The van der Waals surface area contributed by atoms with E-state index in [1.54, 1.807) is 17.2 Å². The van der Waals surface area contributed by atoms with Crippen molar-refractivity contribution in [2.45, 2.75) is 37.3 Å². The molecule has 0 aliphatic carbocycles. The van der Waals surface area contributed by atoms with Crippen LogP contribution in [0.2, 0.25) is 0 Å². The average molecular weight is 358 g/mol. The maximum Gasteiger partial charge on any atom is 0.165 e. The van der Waals surface area contributed by atoms with Gasteiger partial charge in [0.1, 0.15) is 36.0 Å². The number of fused-ring (bicyclic) bond motifs is 1. The first kappa shape index (κ1) is 17.1. The van der Waals surface area contributed by atoms with Crippen LogP contribution in [-0.2, 0) is 11.3 Å². The molecule has 1 fully saturated rings. The number of imidazole rings is 1. The summed E-state index contributed by atoms with van der Waals surface area (Å²) in [6.07, 6.45) is -0.655. The highest BCUT2D eigenvalue weighted by molar-refractivity contribution is 5.78. The Hall–Kier alpha value is -2.30. The predicted octanol–water partition coefficient (Wildman–Crippen LogP) is -0.297. The van der Waals surface area contributed by atoms with E-state index in [9.17, 15) is 10.2 Å². The minimum Gasteiger partial charge on any atom is -0.387 e. The molecule has 3 heterocycles. The third-order valence-corrected chi connectivity index (χ3v) is 4.69. The van der Waals surface area contributed by atoms with Gasteiger partial charge in [-0.15, -0.1) is 0 Å². The quantitative estimate of drug-likeness (QED) is 0.496. The Morgan fingerprint density at radius 3 is 2.77 bits per heavy atom. The van der Waals surface area contributed by atoms with E-state index >= 15 is 0 Å². The lowest BCUT2D eigenvalue weighted by Crippen LogP contribution is -2.35. The van der Waals surface area contributed by atoms with Crippen molar-refractivity contribution in [2.75, 3.05) is 11.9 Å². The molecule has 1 saturated heterocycles. The summed E-state index contributed by atoms with van der Waals surface area (Å²) in [6.45, 7) is 0.771. The molecule has 0 saturated carbocycles. The van der Waals surface area contributed by atoms with Crippen molar-refractivity contribution in [3.8, 4) is 0 Å². The Bertz CT molecular complexity index is 780. The first-order valence-corrected chi connectivity index (χ1v) is 8.53. The first-order valence-electron chi connectivity index (χ1n) is 8.53. The summed E-state index contributed by atoms with van der Waals surface area (Å²) in [6, 6.07) is 10.0. The molecule has 0 radical (unpaired) electrons. The standard InChI is InChI=1S/C17H22N6O3/c18-6-11-13(24)14(25)17(26-11)23-9-22-12-15(20-8-21-16(12)23)19-7-10-4-2-1-3-5-10/h1-5,8-9,11,13-15,17,19,24-25H,6-7,18H2,(H,20,21)/t11-,13-,14-,15?,17-/m1/s1. The number of ether oxygens (including phenoxy) is 1. The Kier molecular flexibility index (Phi) is 4.70. The van der Waals surface area contributed by atoms with Crippen LogP contribution < -0.4 is 16.4 Å². The summed E-state index contributed by atoms with van der Waals surface area (Å²) >= 11 is 0. The van der Waals surface area contributed by atoms with Crippen LogP contribution in [0.1, 0.15) is 23.7 Å². The zero-order chi connectivity index (χ0) is 18.1. The van der Waals surface area contributed by atoms with Crippen LogP contribution in [0.15, 0.2) is 41.7 Å². The smallest absolute Gasteiger partial charge is 0.165 e. The third-order valence-electron chi connectivity index (χ3n) is 4.69. The predicted molar refractivity (Wildman–Crippen MR) is 95.3 cm³/mol. The summed E-state index contributed by atoms with van der Waals surface area (Å²) in [5.41, 5.74) is 7.43. The van der Waals surface area contributed by atoms with Crippen LogP contribution in [0.3, 0.4) is 0 Å². The Morgan fingerprint density at radius 1 is 1.23 bits per heavy atom. The highest BCUT2D eigenvalue weighted by atomic mass is 16.6. The van der Waals surface area contributed by atoms with Crippen LogP contribution >= 0.6 is 0 Å². The molecule has 0 spiro atoms. The Morgan fingerprint density at radius 2 is 2.04 bits per heavy atom. The molecular formula is C17H22N6O3. The van der Waals surface area contributed by atoms with Crippen molar-refractivity contribution in [2.24, 2.45) is 10.7 Å². The van der Waals surface area contributed by atoms with Gasteiger partial charge in [0.2, 0.25) is 0 Å². The van der Waals surface area contributed by atoms with Crippen LogP contribution in [0.5, 0.6) is 0 Å². The monoisotopic (exact) mass is 358 g/mol. The van der Waals surface area contributed by atoms with Gasteiger partial charge in [-0.1, -0.05) is 30.3 Å². The van der Waals surface area contributed by atoms with Gasteiger partial charge < -0.3 is 26.0 Å². The maximum atomic E-state index is 10.3. The van der Waals surface area contributed by atoms with Gasteiger partial charge >= 0.3 is 0 Å². The Labute approximate surface area is 150 Å². The number of aromatic nitrogens is 2. The summed E-state index contributed by atoms with van der Waals surface area (Å²) in [5.74, 6) is 0.666. The topological polar surface area (TPSA) is 130 Å². The fourth-order valence-electron chi connectivity index (χ4n) is 3.27. The summed E-state index contributed by atoms with van der Waals surface area (Å²) in [4.78, 5) is 8.82. The number of hydrogen-bond donors (Lipinski definition) is 5. The van der Waals surface area contributed by atoms with Crippen molar-refractivity contribution >= 4 is 12.2 Å². The molecule has 4 rings (SSSR count). The molecule has 0 amide bonds. The second kappa shape index (κ2) is 7.14. The van der Waals surface area contributed by atoms with Crippen molar-refractivity contribution in [1.29, 1.82) is 0 Å². The van der Waals surface area contributed by atoms with E-state index in [1.165, 1.54) is 0 Å². The van der Waals surface area contributed by atoms with E-state index < -0.39 is 24.5 Å². The van der Waals surface area contributed by atoms with Crippen molar-refractivity contribution in [3.05, 3.63) is 47.9 Å². The normalized spacial score (nSPS) is 30.2. The summed E-state index contributed by atoms with van der Waals surface area (Å²) < 4.78 is 7.37. The molecule has 1 unspecified atom stereocenters. The van der Waals surface area contributed by atoms with E-state index in [2.05, 4.69) is 20.6 Å². The second-order valence-electron chi connectivity index (χ2n) is 6.36. The number of aliphatic hydroxyl groups is 2. The molecule has 9 heteroatoms. The molecule has 2 aromatic rings. The average Bonchev–Trinajstić information content (AvgIpc) is 3.23. The van der Waals surface area contributed by atoms with E-state index in [-0.39, 0.29) is 12.7 Å². The highest BCUT2D eigenvalue weighted by Crippen LogP contribution is 2.35. The molecule has 5 atom stereocenters. The van der Waals surface area contributed by atoms with Crippen LogP contribution in [-0.4, -0.2) is 51.0 Å². The largest absolute Gasteiger partial charge is 0.387 e. The van der Waals surface area contributed by atoms with Crippen molar-refractivity contribution in [1.82, 2.24) is 14.9 Å². The zero-order valence-corrected chi connectivity index (χ0v) is 14.1.